The molecule has 1 aromatic rings. The van der Waals surface area contributed by atoms with Crippen molar-refractivity contribution in [3.8, 4) is 5.75 Å². The normalized spacial score (nSPS) is 32.1. The molecule has 2 atom stereocenters. The number of fused-ring (bicyclic) bond motifs is 1. The molecule has 70 valence electrons. The number of hydrogen-bond donors (Lipinski definition) is 2. The number of hydrogen-bond acceptors (Lipinski definition) is 3. The van der Waals surface area contributed by atoms with Crippen molar-refractivity contribution in [1.29, 1.82) is 0 Å². The average Bonchev–Trinajstić information content (AvgIpc) is 2.13. The molecule has 3 nitrogen and oxygen atoms in total. The monoisotopic (exact) mass is 179 g/mol. The quantitative estimate of drug-likeness (QED) is 0.620. The third kappa shape index (κ3) is 1.30. The lowest BCUT2D eigenvalue weighted by Gasteiger charge is -2.35. The number of para-hydroxylation sites is 1. The van der Waals surface area contributed by atoms with Crippen LogP contribution in [-0.4, -0.2) is 17.3 Å². The van der Waals surface area contributed by atoms with Crippen molar-refractivity contribution in [2.45, 2.75) is 18.6 Å². The molecule has 0 aliphatic carbocycles. The number of rotatable bonds is 0. The molecule has 2 rings (SSSR count). The van der Waals surface area contributed by atoms with E-state index in [1.54, 1.807) is 6.92 Å². The van der Waals surface area contributed by atoms with Crippen LogP contribution in [0.15, 0.2) is 24.3 Å². The van der Waals surface area contributed by atoms with Gasteiger partial charge in [0.15, 0.2) is 0 Å². The van der Waals surface area contributed by atoms with E-state index >= 15 is 0 Å². The Kier molecular flexibility index (Phi) is 1.78. The van der Waals surface area contributed by atoms with Crippen LogP contribution < -0.4 is 10.5 Å². The van der Waals surface area contributed by atoms with Crippen LogP contribution in [0.25, 0.3) is 0 Å². The standard InChI is InChI=1S/C10H13NO2/c1-10(12)6-13-8-5-3-2-4-7(8)9(10)11/h2-5,9,12H,6,11H2,1H3/t9?,10-/m0/s1. The van der Waals surface area contributed by atoms with Crippen molar-refractivity contribution in [2.24, 2.45) is 5.73 Å². The van der Waals surface area contributed by atoms with Gasteiger partial charge in [-0.3, -0.25) is 0 Å². The summed E-state index contributed by atoms with van der Waals surface area (Å²) in [6.45, 7) is 1.94. The zero-order valence-electron chi connectivity index (χ0n) is 7.53. The summed E-state index contributed by atoms with van der Waals surface area (Å²) in [6.07, 6.45) is 0. The molecule has 1 aliphatic heterocycles. The number of benzene rings is 1. The van der Waals surface area contributed by atoms with Gasteiger partial charge in [0.2, 0.25) is 0 Å². The lowest BCUT2D eigenvalue weighted by molar-refractivity contribution is -0.0248. The third-order valence-electron chi connectivity index (χ3n) is 2.44. The molecule has 1 unspecified atom stereocenters. The maximum Gasteiger partial charge on any atom is 0.124 e. The molecule has 0 fully saturated rings. The molecule has 0 amide bonds. The molecule has 3 N–H and O–H groups in total. The molecule has 0 radical (unpaired) electrons. The Labute approximate surface area is 77.1 Å². The van der Waals surface area contributed by atoms with E-state index in [0.29, 0.717) is 0 Å². The molecule has 13 heavy (non-hydrogen) atoms. The highest BCUT2D eigenvalue weighted by Crippen LogP contribution is 2.35. The minimum atomic E-state index is -0.964. The van der Waals surface area contributed by atoms with E-state index in [-0.39, 0.29) is 12.6 Å². The largest absolute Gasteiger partial charge is 0.490 e. The maximum atomic E-state index is 9.84. The fourth-order valence-electron chi connectivity index (χ4n) is 1.52. The van der Waals surface area contributed by atoms with Gasteiger partial charge in [0.1, 0.15) is 18.0 Å². The van der Waals surface area contributed by atoms with Crippen molar-refractivity contribution in [3.05, 3.63) is 29.8 Å². The fraction of sp³-hybridized carbons (Fsp3) is 0.400. The Morgan fingerprint density at radius 2 is 2.23 bits per heavy atom. The van der Waals surface area contributed by atoms with Crippen LogP contribution in [0.5, 0.6) is 5.75 Å². The summed E-state index contributed by atoms with van der Waals surface area (Å²) in [5.74, 6) is 0.779. The Bertz CT molecular complexity index is 322. The first-order valence-electron chi connectivity index (χ1n) is 4.31. The van der Waals surface area contributed by atoms with E-state index in [9.17, 15) is 5.11 Å². The predicted molar refractivity (Wildman–Crippen MR) is 49.5 cm³/mol. The second-order valence-electron chi connectivity index (χ2n) is 3.66. The second-order valence-corrected chi connectivity index (χ2v) is 3.66. The van der Waals surface area contributed by atoms with Crippen molar-refractivity contribution in [1.82, 2.24) is 0 Å². The Hall–Kier alpha value is -1.06. The summed E-state index contributed by atoms with van der Waals surface area (Å²) in [5, 5.41) is 9.84. The zero-order chi connectivity index (χ0) is 9.47. The highest BCUT2D eigenvalue weighted by atomic mass is 16.5. The van der Waals surface area contributed by atoms with E-state index in [0.717, 1.165) is 11.3 Å². The first-order valence-corrected chi connectivity index (χ1v) is 4.31. The Balaban J connectivity index is 2.45. The van der Waals surface area contributed by atoms with Crippen LogP contribution in [0.3, 0.4) is 0 Å². The summed E-state index contributed by atoms with van der Waals surface area (Å²) < 4.78 is 5.38. The maximum absolute atomic E-state index is 9.84. The first-order chi connectivity index (χ1) is 6.11. The van der Waals surface area contributed by atoms with Gasteiger partial charge in [0, 0.05) is 5.56 Å². The van der Waals surface area contributed by atoms with Crippen LogP contribution >= 0.6 is 0 Å². The van der Waals surface area contributed by atoms with Gasteiger partial charge in [-0.05, 0) is 13.0 Å². The molecule has 1 aromatic carbocycles. The smallest absolute Gasteiger partial charge is 0.124 e. The first kappa shape index (κ1) is 8.53. The van der Waals surface area contributed by atoms with Gasteiger partial charge in [0.25, 0.3) is 0 Å². The molecule has 0 saturated carbocycles. The van der Waals surface area contributed by atoms with Gasteiger partial charge in [-0.25, -0.2) is 0 Å². The molecule has 0 saturated heterocycles. The summed E-state index contributed by atoms with van der Waals surface area (Å²) in [7, 11) is 0. The van der Waals surface area contributed by atoms with E-state index in [4.69, 9.17) is 10.5 Å². The van der Waals surface area contributed by atoms with Crippen molar-refractivity contribution in [3.63, 3.8) is 0 Å². The van der Waals surface area contributed by atoms with Crippen LogP contribution in [0, 0.1) is 0 Å². The molecule has 0 bridgehead atoms. The molecule has 1 heterocycles. The summed E-state index contributed by atoms with van der Waals surface area (Å²) in [6, 6.07) is 7.17. The van der Waals surface area contributed by atoms with Crippen molar-refractivity contribution >= 4 is 0 Å². The van der Waals surface area contributed by atoms with Crippen LogP contribution in [-0.2, 0) is 0 Å². The molecule has 0 spiro atoms. The van der Waals surface area contributed by atoms with Crippen LogP contribution in [0.1, 0.15) is 18.5 Å². The van der Waals surface area contributed by atoms with Gasteiger partial charge in [0.05, 0.1) is 6.04 Å². The highest BCUT2D eigenvalue weighted by molar-refractivity contribution is 5.39. The molecule has 1 aliphatic rings. The van der Waals surface area contributed by atoms with E-state index < -0.39 is 5.60 Å². The van der Waals surface area contributed by atoms with E-state index in [1.165, 1.54) is 0 Å². The number of aliphatic hydroxyl groups is 1. The van der Waals surface area contributed by atoms with Gasteiger partial charge in [-0.15, -0.1) is 0 Å². The van der Waals surface area contributed by atoms with Gasteiger partial charge in [-0.1, -0.05) is 18.2 Å². The second kappa shape index (κ2) is 2.72. The molecule has 0 aromatic heterocycles. The van der Waals surface area contributed by atoms with Gasteiger partial charge in [-0.2, -0.15) is 0 Å². The SMILES string of the molecule is C[C@]1(O)COc2ccccc2C1N. The molecule has 3 heteroatoms. The van der Waals surface area contributed by atoms with Crippen molar-refractivity contribution in [2.75, 3.05) is 6.61 Å². The number of nitrogens with two attached hydrogens (primary N) is 1. The predicted octanol–water partition coefficient (Wildman–Crippen LogP) is 0.830. The van der Waals surface area contributed by atoms with Gasteiger partial charge < -0.3 is 15.6 Å². The Morgan fingerprint density at radius 3 is 3.00 bits per heavy atom. The van der Waals surface area contributed by atoms with Crippen LogP contribution in [0.4, 0.5) is 0 Å². The highest BCUT2D eigenvalue weighted by Gasteiger charge is 2.36. The lowest BCUT2D eigenvalue weighted by Crippen LogP contribution is -2.46. The average molecular weight is 179 g/mol. The van der Waals surface area contributed by atoms with Gasteiger partial charge >= 0.3 is 0 Å². The minimum Gasteiger partial charge on any atom is -0.490 e. The lowest BCUT2D eigenvalue weighted by atomic mass is 9.89. The Morgan fingerprint density at radius 1 is 1.54 bits per heavy atom. The summed E-state index contributed by atoms with van der Waals surface area (Å²) in [4.78, 5) is 0. The summed E-state index contributed by atoms with van der Waals surface area (Å²) >= 11 is 0. The zero-order valence-corrected chi connectivity index (χ0v) is 7.53. The van der Waals surface area contributed by atoms with E-state index in [1.807, 2.05) is 24.3 Å². The summed E-state index contributed by atoms with van der Waals surface area (Å²) in [5.41, 5.74) is 5.80. The van der Waals surface area contributed by atoms with Crippen molar-refractivity contribution < 1.29 is 9.84 Å². The van der Waals surface area contributed by atoms with E-state index in [2.05, 4.69) is 0 Å². The molecular weight excluding hydrogens is 166 g/mol. The third-order valence-corrected chi connectivity index (χ3v) is 2.44. The minimum absolute atomic E-state index is 0.255. The van der Waals surface area contributed by atoms with Crippen LogP contribution in [0.2, 0.25) is 0 Å². The number of ether oxygens (including phenoxy) is 1. The fourth-order valence-corrected chi connectivity index (χ4v) is 1.52. The topological polar surface area (TPSA) is 55.5 Å². The molecular formula is C10H13NO2.